The third-order valence-electron chi connectivity index (χ3n) is 4.92. The topological polar surface area (TPSA) is 63.5 Å². The van der Waals surface area contributed by atoms with Gasteiger partial charge < -0.3 is 4.57 Å². The van der Waals surface area contributed by atoms with Crippen LogP contribution in [0, 0.1) is 11.8 Å². The molecule has 22 heavy (non-hydrogen) atoms. The summed E-state index contributed by atoms with van der Waals surface area (Å²) in [6.07, 6.45) is 10.2. The second-order valence-corrected chi connectivity index (χ2v) is 6.43. The van der Waals surface area contributed by atoms with E-state index in [1.54, 1.807) is 18.3 Å². The zero-order chi connectivity index (χ0) is 15.4. The summed E-state index contributed by atoms with van der Waals surface area (Å²) in [6, 6.07) is 4.86. The summed E-state index contributed by atoms with van der Waals surface area (Å²) in [4.78, 5) is 23.5. The molecule has 0 spiro atoms. The van der Waals surface area contributed by atoms with Crippen molar-refractivity contribution < 1.29 is 4.79 Å². The summed E-state index contributed by atoms with van der Waals surface area (Å²) < 4.78 is 1.38. The second-order valence-electron chi connectivity index (χ2n) is 6.43. The number of amides is 1. The van der Waals surface area contributed by atoms with Crippen LogP contribution in [-0.2, 0) is 11.3 Å². The zero-order valence-electron chi connectivity index (χ0n) is 12.8. The van der Waals surface area contributed by atoms with Gasteiger partial charge in [0.25, 0.3) is 11.5 Å². The molecule has 5 heteroatoms. The molecule has 1 aromatic rings. The lowest BCUT2D eigenvalue weighted by atomic mass is 9.70. The van der Waals surface area contributed by atoms with Crippen molar-refractivity contribution in [3.8, 4) is 0 Å². The number of carbonyl (C=O) groups excluding carboxylic acids is 1. The largest absolute Gasteiger partial charge is 0.306 e. The van der Waals surface area contributed by atoms with Gasteiger partial charge in [-0.05, 0) is 43.6 Å². The van der Waals surface area contributed by atoms with E-state index in [4.69, 9.17) is 0 Å². The normalized spacial score (nSPS) is 26.5. The minimum atomic E-state index is -0.244. The molecule has 1 N–H and O–H groups in total. The van der Waals surface area contributed by atoms with Gasteiger partial charge >= 0.3 is 0 Å². The number of nitrogens with zero attached hydrogens (tertiary/aromatic N) is 2. The number of hydrogen-bond donors (Lipinski definition) is 1. The molecule has 0 saturated heterocycles. The Bertz CT molecular complexity index is 620. The summed E-state index contributed by atoms with van der Waals surface area (Å²) in [5.74, 6) is 1.38. The molecular weight excluding hydrogens is 278 g/mol. The monoisotopic (exact) mass is 301 g/mol. The number of aromatic nitrogens is 1. The third-order valence-corrected chi connectivity index (χ3v) is 4.92. The minimum Gasteiger partial charge on any atom is -0.306 e. The van der Waals surface area contributed by atoms with Crippen LogP contribution < -0.4 is 11.0 Å². The fourth-order valence-corrected chi connectivity index (χ4v) is 3.71. The Hall–Kier alpha value is -1.91. The Morgan fingerprint density at radius 3 is 2.86 bits per heavy atom. The summed E-state index contributed by atoms with van der Waals surface area (Å²) in [5, 5.41) is 4.30. The highest BCUT2D eigenvalue weighted by Gasteiger charge is 2.30. The third kappa shape index (κ3) is 3.64. The van der Waals surface area contributed by atoms with Crippen molar-refractivity contribution in [2.75, 3.05) is 0 Å². The van der Waals surface area contributed by atoms with E-state index in [1.165, 1.54) is 42.7 Å². The van der Waals surface area contributed by atoms with Crippen molar-refractivity contribution in [2.24, 2.45) is 16.9 Å². The molecule has 0 bridgehead atoms. The predicted octanol–water partition coefficient (Wildman–Crippen LogP) is 2.31. The molecule has 5 nitrogen and oxygen atoms in total. The quantitative estimate of drug-likeness (QED) is 0.871. The summed E-state index contributed by atoms with van der Waals surface area (Å²) >= 11 is 0. The van der Waals surface area contributed by atoms with E-state index in [0.29, 0.717) is 0 Å². The molecule has 1 amide bonds. The van der Waals surface area contributed by atoms with E-state index < -0.39 is 0 Å². The highest BCUT2D eigenvalue weighted by molar-refractivity contribution is 5.87. The van der Waals surface area contributed by atoms with Gasteiger partial charge in [0.05, 0.1) is 0 Å². The summed E-state index contributed by atoms with van der Waals surface area (Å²) in [5.41, 5.74) is 3.55. The minimum absolute atomic E-state index is 0.0164. The zero-order valence-corrected chi connectivity index (χ0v) is 12.8. The SMILES string of the molecule is O=C(Cn1ccccc1=O)N/N=C1/CC[C@@H]2CCCC[C@H]2C1. The lowest BCUT2D eigenvalue weighted by molar-refractivity contribution is -0.121. The first-order chi connectivity index (χ1) is 10.7. The Morgan fingerprint density at radius 2 is 2.05 bits per heavy atom. The Balaban J connectivity index is 1.54. The molecule has 2 fully saturated rings. The van der Waals surface area contributed by atoms with Crippen LogP contribution in [0.25, 0.3) is 0 Å². The maximum atomic E-state index is 11.9. The first-order valence-electron chi connectivity index (χ1n) is 8.22. The molecule has 118 valence electrons. The molecule has 2 aliphatic rings. The lowest BCUT2D eigenvalue weighted by Crippen LogP contribution is -2.32. The van der Waals surface area contributed by atoms with Crippen LogP contribution in [0.1, 0.15) is 44.9 Å². The fraction of sp³-hybridized carbons (Fsp3) is 0.588. The van der Waals surface area contributed by atoms with Gasteiger partial charge in [-0.2, -0.15) is 5.10 Å². The fourth-order valence-electron chi connectivity index (χ4n) is 3.71. The summed E-state index contributed by atoms with van der Waals surface area (Å²) in [6.45, 7) is 0.0164. The van der Waals surface area contributed by atoms with E-state index in [-0.39, 0.29) is 18.0 Å². The van der Waals surface area contributed by atoms with Gasteiger partial charge in [0.2, 0.25) is 0 Å². The molecule has 2 saturated carbocycles. The van der Waals surface area contributed by atoms with Crippen molar-refractivity contribution in [3.05, 3.63) is 34.7 Å². The van der Waals surface area contributed by atoms with Crippen LogP contribution in [0.3, 0.4) is 0 Å². The standard InChI is InChI=1S/C17H23N3O2/c21-16(12-20-10-4-3-7-17(20)22)19-18-15-9-8-13-5-1-2-6-14(13)11-15/h3-4,7,10,13-14H,1-2,5-6,8-9,11-12H2,(H,19,21)/b18-15-/t13-,14-/m0/s1. The van der Waals surface area contributed by atoms with Gasteiger partial charge in [-0.3, -0.25) is 9.59 Å². The molecule has 0 radical (unpaired) electrons. The van der Waals surface area contributed by atoms with Crippen LogP contribution >= 0.6 is 0 Å². The molecular formula is C17H23N3O2. The van der Waals surface area contributed by atoms with Crippen molar-refractivity contribution >= 4 is 11.6 Å². The first-order valence-corrected chi connectivity index (χ1v) is 8.22. The van der Waals surface area contributed by atoms with Gasteiger partial charge in [0.15, 0.2) is 0 Å². The van der Waals surface area contributed by atoms with E-state index in [1.807, 2.05) is 0 Å². The second kappa shape index (κ2) is 6.90. The molecule has 3 rings (SSSR count). The molecule has 0 unspecified atom stereocenters. The van der Waals surface area contributed by atoms with E-state index in [2.05, 4.69) is 10.5 Å². The Labute approximate surface area is 130 Å². The number of hydrogen-bond acceptors (Lipinski definition) is 3. The molecule has 2 atom stereocenters. The molecule has 0 aromatic carbocycles. The van der Waals surface area contributed by atoms with Crippen molar-refractivity contribution in [3.63, 3.8) is 0 Å². The lowest BCUT2D eigenvalue weighted by Gasteiger charge is -2.35. The van der Waals surface area contributed by atoms with E-state index in [0.717, 1.165) is 30.4 Å². The van der Waals surface area contributed by atoms with Crippen LogP contribution in [-0.4, -0.2) is 16.2 Å². The number of fused-ring (bicyclic) bond motifs is 1. The number of rotatable bonds is 3. The van der Waals surface area contributed by atoms with Gasteiger partial charge in [-0.15, -0.1) is 0 Å². The highest BCUT2D eigenvalue weighted by Crippen LogP contribution is 2.39. The number of hydrazone groups is 1. The maximum Gasteiger partial charge on any atom is 0.260 e. The van der Waals surface area contributed by atoms with E-state index >= 15 is 0 Å². The van der Waals surface area contributed by atoms with Crippen LogP contribution in [0.4, 0.5) is 0 Å². The average Bonchev–Trinajstić information content (AvgIpc) is 2.55. The van der Waals surface area contributed by atoms with Gasteiger partial charge in [0.1, 0.15) is 6.54 Å². The average molecular weight is 301 g/mol. The number of carbonyl (C=O) groups is 1. The first kappa shape index (κ1) is 15.0. The highest BCUT2D eigenvalue weighted by atomic mass is 16.2. The molecule has 2 aliphatic carbocycles. The van der Waals surface area contributed by atoms with Crippen LogP contribution in [0.5, 0.6) is 0 Å². The van der Waals surface area contributed by atoms with Crippen LogP contribution in [0.15, 0.2) is 34.3 Å². The summed E-state index contributed by atoms with van der Waals surface area (Å²) in [7, 11) is 0. The predicted molar refractivity (Wildman–Crippen MR) is 85.6 cm³/mol. The van der Waals surface area contributed by atoms with Gasteiger partial charge in [-0.1, -0.05) is 25.3 Å². The smallest absolute Gasteiger partial charge is 0.260 e. The maximum absolute atomic E-state index is 11.9. The van der Waals surface area contributed by atoms with E-state index in [9.17, 15) is 9.59 Å². The van der Waals surface area contributed by atoms with Gasteiger partial charge in [-0.25, -0.2) is 5.43 Å². The van der Waals surface area contributed by atoms with Gasteiger partial charge in [0, 0.05) is 18.0 Å². The Morgan fingerprint density at radius 1 is 1.23 bits per heavy atom. The number of nitrogens with one attached hydrogen (secondary N) is 1. The molecule has 1 aromatic heterocycles. The van der Waals surface area contributed by atoms with Crippen molar-refractivity contribution in [1.82, 2.24) is 9.99 Å². The number of pyridine rings is 1. The van der Waals surface area contributed by atoms with Crippen molar-refractivity contribution in [1.29, 1.82) is 0 Å². The molecule has 1 heterocycles. The Kier molecular flexibility index (Phi) is 4.71. The molecule has 0 aliphatic heterocycles. The van der Waals surface area contributed by atoms with Crippen LogP contribution in [0.2, 0.25) is 0 Å². The van der Waals surface area contributed by atoms with Crippen molar-refractivity contribution in [2.45, 2.75) is 51.5 Å².